The first kappa shape index (κ1) is 9.18. The van der Waals surface area contributed by atoms with E-state index in [1.807, 2.05) is 0 Å². The van der Waals surface area contributed by atoms with E-state index in [1.165, 1.54) is 18.3 Å². The van der Waals surface area contributed by atoms with E-state index in [0.717, 1.165) is 0 Å². The molecule has 1 aromatic carbocycles. The average Bonchev–Trinajstić information content (AvgIpc) is 2.16. The standard InChI is InChI=1S/C9H7ClFN3/c10-6-3-5(11)4-8-9(6)7(14-12)1-2-13-8/h1-4H,12H2,(H,13,14). The molecule has 3 nitrogen and oxygen atoms in total. The lowest BCUT2D eigenvalue weighted by atomic mass is 10.2. The van der Waals surface area contributed by atoms with Gasteiger partial charge >= 0.3 is 0 Å². The summed E-state index contributed by atoms with van der Waals surface area (Å²) in [6.07, 6.45) is 1.54. The number of aromatic nitrogens is 1. The normalized spacial score (nSPS) is 10.5. The fraction of sp³-hybridized carbons (Fsp3) is 0. The zero-order valence-electron chi connectivity index (χ0n) is 7.09. The molecule has 1 aromatic heterocycles. The van der Waals surface area contributed by atoms with Crippen molar-refractivity contribution in [3.05, 3.63) is 35.2 Å². The van der Waals surface area contributed by atoms with Crippen molar-refractivity contribution in [3.63, 3.8) is 0 Å². The average molecular weight is 212 g/mol. The fourth-order valence-electron chi connectivity index (χ4n) is 1.32. The maximum atomic E-state index is 13.0. The molecule has 0 unspecified atom stereocenters. The van der Waals surface area contributed by atoms with Crippen molar-refractivity contribution in [3.8, 4) is 0 Å². The summed E-state index contributed by atoms with van der Waals surface area (Å²) >= 11 is 5.87. The number of hydrogen-bond donors (Lipinski definition) is 2. The number of nitrogens with two attached hydrogens (primary N) is 1. The van der Waals surface area contributed by atoms with Gasteiger partial charge in [-0.1, -0.05) is 11.6 Å². The SMILES string of the molecule is NNc1ccnc2cc(F)cc(Cl)c12. The third-order valence-corrected chi connectivity index (χ3v) is 2.21. The molecule has 0 aliphatic rings. The summed E-state index contributed by atoms with van der Waals surface area (Å²) in [4.78, 5) is 3.99. The van der Waals surface area contributed by atoms with Crippen molar-refractivity contribution in [2.75, 3.05) is 5.43 Å². The molecule has 3 N–H and O–H groups in total. The van der Waals surface area contributed by atoms with Crippen LogP contribution in [0.3, 0.4) is 0 Å². The maximum Gasteiger partial charge on any atom is 0.126 e. The largest absolute Gasteiger partial charge is 0.323 e. The summed E-state index contributed by atoms with van der Waals surface area (Å²) in [5.41, 5.74) is 3.59. The molecule has 0 saturated heterocycles. The second-order valence-electron chi connectivity index (χ2n) is 2.78. The molecule has 0 atom stereocenters. The first-order valence-corrected chi connectivity index (χ1v) is 4.30. The lowest BCUT2D eigenvalue weighted by molar-refractivity contribution is 0.629. The highest BCUT2D eigenvalue weighted by atomic mass is 35.5. The molecule has 0 spiro atoms. The number of rotatable bonds is 1. The van der Waals surface area contributed by atoms with E-state index < -0.39 is 5.82 Å². The smallest absolute Gasteiger partial charge is 0.126 e. The molecule has 72 valence electrons. The van der Waals surface area contributed by atoms with Crippen molar-refractivity contribution < 1.29 is 4.39 Å². The molecule has 2 rings (SSSR count). The highest BCUT2D eigenvalue weighted by Crippen LogP contribution is 2.29. The van der Waals surface area contributed by atoms with Gasteiger partial charge in [-0.3, -0.25) is 10.8 Å². The maximum absolute atomic E-state index is 13.0. The Morgan fingerprint density at radius 3 is 2.93 bits per heavy atom. The van der Waals surface area contributed by atoms with E-state index >= 15 is 0 Å². The Morgan fingerprint density at radius 1 is 1.43 bits per heavy atom. The second-order valence-corrected chi connectivity index (χ2v) is 3.19. The molecular weight excluding hydrogens is 205 g/mol. The van der Waals surface area contributed by atoms with Crippen LogP contribution in [-0.2, 0) is 0 Å². The first-order valence-electron chi connectivity index (χ1n) is 3.93. The Balaban J connectivity index is 2.87. The van der Waals surface area contributed by atoms with Gasteiger partial charge in [-0.15, -0.1) is 0 Å². The van der Waals surface area contributed by atoms with Crippen molar-refractivity contribution >= 4 is 28.2 Å². The monoisotopic (exact) mass is 211 g/mol. The zero-order valence-corrected chi connectivity index (χ0v) is 7.85. The highest BCUT2D eigenvalue weighted by molar-refractivity contribution is 6.36. The van der Waals surface area contributed by atoms with E-state index in [1.54, 1.807) is 6.07 Å². The van der Waals surface area contributed by atoms with Crippen molar-refractivity contribution in [1.29, 1.82) is 0 Å². The minimum Gasteiger partial charge on any atom is -0.323 e. The summed E-state index contributed by atoms with van der Waals surface area (Å²) < 4.78 is 13.0. The number of halogens is 2. The molecule has 0 radical (unpaired) electrons. The lowest BCUT2D eigenvalue weighted by Crippen LogP contribution is -2.07. The highest BCUT2D eigenvalue weighted by Gasteiger charge is 2.07. The molecule has 0 aliphatic heterocycles. The molecule has 0 fully saturated rings. The summed E-state index contributed by atoms with van der Waals surface area (Å²) in [6.45, 7) is 0. The lowest BCUT2D eigenvalue weighted by Gasteiger charge is -2.06. The number of benzene rings is 1. The predicted octanol–water partition coefficient (Wildman–Crippen LogP) is 2.31. The molecule has 0 aliphatic carbocycles. The Kier molecular flexibility index (Phi) is 2.23. The van der Waals surface area contributed by atoms with E-state index in [9.17, 15) is 4.39 Å². The summed E-state index contributed by atoms with van der Waals surface area (Å²) in [6, 6.07) is 4.21. The number of pyridine rings is 1. The molecular formula is C9H7ClFN3. The molecule has 1 heterocycles. The van der Waals surface area contributed by atoms with Crippen LogP contribution in [0.15, 0.2) is 24.4 Å². The minimum atomic E-state index is -0.413. The van der Waals surface area contributed by atoms with E-state index in [2.05, 4.69) is 10.4 Å². The van der Waals surface area contributed by atoms with E-state index in [4.69, 9.17) is 17.4 Å². The van der Waals surface area contributed by atoms with Gasteiger partial charge in [-0.2, -0.15) is 0 Å². The van der Waals surface area contributed by atoms with Gasteiger partial charge in [0.2, 0.25) is 0 Å². The number of fused-ring (bicyclic) bond motifs is 1. The Hall–Kier alpha value is -1.39. The number of hydrazine groups is 1. The zero-order chi connectivity index (χ0) is 10.1. The third kappa shape index (κ3) is 1.38. The molecule has 0 saturated carbocycles. The van der Waals surface area contributed by atoms with Crippen LogP contribution in [-0.4, -0.2) is 4.98 Å². The van der Waals surface area contributed by atoms with Gasteiger partial charge in [0.05, 0.1) is 16.2 Å². The van der Waals surface area contributed by atoms with Crippen LogP contribution in [0.1, 0.15) is 0 Å². The predicted molar refractivity (Wildman–Crippen MR) is 54.5 cm³/mol. The van der Waals surface area contributed by atoms with Gasteiger partial charge in [0.15, 0.2) is 0 Å². The quantitative estimate of drug-likeness (QED) is 0.562. The first-order chi connectivity index (χ1) is 6.72. The molecule has 0 bridgehead atoms. The molecule has 14 heavy (non-hydrogen) atoms. The molecule has 0 amide bonds. The minimum absolute atomic E-state index is 0.293. The van der Waals surface area contributed by atoms with Gasteiger partial charge in [0.25, 0.3) is 0 Å². The second kappa shape index (κ2) is 3.40. The molecule has 5 heteroatoms. The summed E-state index contributed by atoms with van der Waals surface area (Å²) in [5.74, 6) is 4.88. The number of nitrogens with zero attached hydrogens (tertiary/aromatic N) is 1. The van der Waals surface area contributed by atoms with Gasteiger partial charge in [-0.05, 0) is 12.1 Å². The third-order valence-electron chi connectivity index (χ3n) is 1.91. The van der Waals surface area contributed by atoms with Crippen LogP contribution in [0.4, 0.5) is 10.1 Å². The fourth-order valence-corrected chi connectivity index (χ4v) is 1.63. The Labute approximate surface area is 84.7 Å². The number of nitrogens with one attached hydrogen (secondary N) is 1. The van der Waals surface area contributed by atoms with Crippen LogP contribution in [0.2, 0.25) is 5.02 Å². The van der Waals surface area contributed by atoms with Crippen molar-refractivity contribution in [1.82, 2.24) is 4.98 Å². The number of anilines is 1. The summed E-state index contributed by atoms with van der Waals surface area (Å²) in [5, 5.41) is 0.916. The van der Waals surface area contributed by atoms with Crippen LogP contribution < -0.4 is 11.3 Å². The van der Waals surface area contributed by atoms with Crippen molar-refractivity contribution in [2.45, 2.75) is 0 Å². The van der Waals surface area contributed by atoms with Crippen molar-refractivity contribution in [2.24, 2.45) is 5.84 Å². The van der Waals surface area contributed by atoms with Crippen LogP contribution in [0.25, 0.3) is 10.9 Å². The van der Waals surface area contributed by atoms with Gasteiger partial charge in [0.1, 0.15) is 5.82 Å². The van der Waals surface area contributed by atoms with E-state index in [0.29, 0.717) is 21.6 Å². The van der Waals surface area contributed by atoms with Gasteiger partial charge < -0.3 is 5.43 Å². The molecule has 2 aromatic rings. The van der Waals surface area contributed by atoms with Gasteiger partial charge in [0, 0.05) is 17.6 Å². The Bertz CT molecular complexity index is 487. The number of nitrogen functional groups attached to an aromatic ring is 1. The van der Waals surface area contributed by atoms with Gasteiger partial charge in [-0.25, -0.2) is 4.39 Å². The Morgan fingerprint density at radius 2 is 2.21 bits per heavy atom. The van der Waals surface area contributed by atoms with Crippen LogP contribution >= 0.6 is 11.6 Å². The summed E-state index contributed by atoms with van der Waals surface area (Å²) in [7, 11) is 0. The van der Waals surface area contributed by atoms with Crippen LogP contribution in [0.5, 0.6) is 0 Å². The number of hydrogen-bond acceptors (Lipinski definition) is 3. The van der Waals surface area contributed by atoms with Crippen LogP contribution in [0, 0.1) is 5.82 Å². The topological polar surface area (TPSA) is 50.9 Å². The van der Waals surface area contributed by atoms with E-state index in [-0.39, 0.29) is 0 Å².